The average molecular weight is 356 g/mol. The number of sulfonamides is 1. The number of rotatable bonds is 3. The second-order valence-electron chi connectivity index (χ2n) is 4.06. The Morgan fingerprint density at radius 3 is 2.82 bits per heavy atom. The third-order valence-electron chi connectivity index (χ3n) is 2.58. The molecule has 17 heavy (non-hydrogen) atoms. The van der Waals surface area contributed by atoms with E-state index >= 15 is 0 Å². The predicted octanol–water partition coefficient (Wildman–Crippen LogP) is 2.99. The SMILES string of the molecule is Cc1cc(S(=O)(=O)NC2CCCSC2)sc1Br. The van der Waals surface area contributed by atoms with Gasteiger partial charge in [-0.05, 0) is 53.1 Å². The van der Waals surface area contributed by atoms with Crippen LogP contribution >= 0.6 is 39.0 Å². The second-order valence-corrected chi connectivity index (χ2v) is 9.52. The smallest absolute Gasteiger partial charge is 0.207 e. The van der Waals surface area contributed by atoms with Crippen molar-refractivity contribution in [1.29, 1.82) is 0 Å². The molecule has 1 fully saturated rings. The molecular weight excluding hydrogens is 342 g/mol. The van der Waals surface area contributed by atoms with Crippen molar-refractivity contribution < 1.29 is 8.42 Å². The molecule has 0 aliphatic carbocycles. The monoisotopic (exact) mass is 355 g/mol. The van der Waals surface area contributed by atoms with Crippen LogP contribution in [0.5, 0.6) is 0 Å². The van der Waals surface area contributed by atoms with E-state index in [1.54, 1.807) is 6.07 Å². The molecule has 0 radical (unpaired) electrons. The van der Waals surface area contributed by atoms with Gasteiger partial charge in [-0.15, -0.1) is 11.3 Å². The van der Waals surface area contributed by atoms with Crippen molar-refractivity contribution in [3.8, 4) is 0 Å². The highest BCUT2D eigenvalue weighted by molar-refractivity contribution is 9.11. The first-order chi connectivity index (χ1) is 7.99. The summed E-state index contributed by atoms with van der Waals surface area (Å²) in [6, 6.07) is 1.80. The van der Waals surface area contributed by atoms with Gasteiger partial charge in [0.25, 0.3) is 0 Å². The van der Waals surface area contributed by atoms with Crippen molar-refractivity contribution in [2.24, 2.45) is 0 Å². The molecule has 0 bridgehead atoms. The Hall–Kier alpha value is 0.440. The molecule has 2 heterocycles. The maximum absolute atomic E-state index is 12.1. The van der Waals surface area contributed by atoms with E-state index in [1.807, 2.05) is 18.7 Å². The second kappa shape index (κ2) is 5.61. The minimum Gasteiger partial charge on any atom is -0.207 e. The van der Waals surface area contributed by atoms with E-state index in [-0.39, 0.29) is 6.04 Å². The fourth-order valence-corrected chi connectivity index (χ4v) is 6.37. The van der Waals surface area contributed by atoms with Crippen LogP contribution in [0.4, 0.5) is 0 Å². The number of thioether (sulfide) groups is 1. The van der Waals surface area contributed by atoms with E-state index in [0.29, 0.717) is 4.21 Å². The van der Waals surface area contributed by atoms with Gasteiger partial charge >= 0.3 is 0 Å². The summed E-state index contributed by atoms with van der Waals surface area (Å²) in [5.74, 6) is 2.02. The van der Waals surface area contributed by atoms with E-state index in [9.17, 15) is 8.42 Å². The molecule has 3 nitrogen and oxygen atoms in total. The maximum atomic E-state index is 12.1. The Labute approximate surface area is 119 Å². The molecule has 0 amide bonds. The lowest BCUT2D eigenvalue weighted by Crippen LogP contribution is -2.37. The highest BCUT2D eigenvalue weighted by Crippen LogP contribution is 2.31. The molecule has 1 aromatic heterocycles. The lowest BCUT2D eigenvalue weighted by atomic mass is 10.2. The van der Waals surface area contributed by atoms with Crippen molar-refractivity contribution in [2.45, 2.75) is 30.0 Å². The van der Waals surface area contributed by atoms with Crippen LogP contribution in [0.3, 0.4) is 0 Å². The van der Waals surface area contributed by atoms with Crippen LogP contribution in [0.15, 0.2) is 14.1 Å². The zero-order valence-electron chi connectivity index (χ0n) is 9.40. The minimum absolute atomic E-state index is 0.0833. The third kappa shape index (κ3) is 3.47. The van der Waals surface area contributed by atoms with Gasteiger partial charge in [-0.25, -0.2) is 13.1 Å². The summed E-state index contributed by atoms with van der Waals surface area (Å²) in [5, 5.41) is 0. The predicted molar refractivity (Wildman–Crippen MR) is 77.4 cm³/mol. The van der Waals surface area contributed by atoms with Crippen LogP contribution in [0.2, 0.25) is 0 Å². The minimum atomic E-state index is -3.34. The normalized spacial score (nSPS) is 21.6. The quantitative estimate of drug-likeness (QED) is 0.906. The van der Waals surface area contributed by atoms with Crippen LogP contribution in [-0.4, -0.2) is 26.0 Å². The van der Waals surface area contributed by atoms with Gasteiger partial charge in [0.05, 0.1) is 3.79 Å². The largest absolute Gasteiger partial charge is 0.250 e. The first kappa shape index (κ1) is 13.9. The molecule has 0 saturated carbocycles. The molecule has 1 unspecified atom stereocenters. The van der Waals surface area contributed by atoms with E-state index < -0.39 is 10.0 Å². The highest BCUT2D eigenvalue weighted by Gasteiger charge is 2.24. The van der Waals surface area contributed by atoms with E-state index in [2.05, 4.69) is 20.7 Å². The van der Waals surface area contributed by atoms with Crippen molar-refractivity contribution >= 4 is 49.1 Å². The number of thiophene rings is 1. The molecule has 7 heteroatoms. The van der Waals surface area contributed by atoms with Gasteiger partial charge < -0.3 is 0 Å². The Balaban J connectivity index is 2.12. The summed E-state index contributed by atoms with van der Waals surface area (Å²) in [4.78, 5) is 0. The molecule has 2 rings (SSSR count). The molecule has 96 valence electrons. The molecule has 1 N–H and O–H groups in total. The number of nitrogens with one attached hydrogen (secondary N) is 1. The molecule has 1 aromatic rings. The van der Waals surface area contributed by atoms with Gasteiger partial charge in [-0.2, -0.15) is 11.8 Å². The van der Waals surface area contributed by atoms with Crippen LogP contribution < -0.4 is 4.72 Å². The molecule has 1 aliphatic rings. The number of halogens is 1. The number of hydrogen-bond donors (Lipinski definition) is 1. The lowest BCUT2D eigenvalue weighted by Gasteiger charge is -2.21. The van der Waals surface area contributed by atoms with Crippen molar-refractivity contribution in [3.05, 3.63) is 15.4 Å². The number of hydrogen-bond acceptors (Lipinski definition) is 4. The molecular formula is C10H14BrNO2S3. The Bertz CT molecular complexity index is 472. The van der Waals surface area contributed by atoms with E-state index in [0.717, 1.165) is 33.7 Å². The molecule has 1 atom stereocenters. The molecule has 0 spiro atoms. The van der Waals surface area contributed by atoms with Gasteiger partial charge in [0, 0.05) is 11.8 Å². The van der Waals surface area contributed by atoms with Gasteiger partial charge in [0.2, 0.25) is 10.0 Å². The van der Waals surface area contributed by atoms with Crippen LogP contribution in [0.1, 0.15) is 18.4 Å². The van der Waals surface area contributed by atoms with Crippen LogP contribution in [-0.2, 0) is 10.0 Å². The zero-order valence-corrected chi connectivity index (χ0v) is 13.4. The van der Waals surface area contributed by atoms with Crippen molar-refractivity contribution in [1.82, 2.24) is 4.72 Å². The van der Waals surface area contributed by atoms with E-state index in [1.165, 1.54) is 11.3 Å². The van der Waals surface area contributed by atoms with Gasteiger partial charge in [0.1, 0.15) is 4.21 Å². The Kier molecular flexibility index (Phi) is 4.57. The third-order valence-corrected chi connectivity index (χ3v) is 7.93. The van der Waals surface area contributed by atoms with Gasteiger partial charge in [0.15, 0.2) is 0 Å². The first-order valence-corrected chi connectivity index (χ1v) is 9.60. The zero-order chi connectivity index (χ0) is 12.5. The topological polar surface area (TPSA) is 46.2 Å². The summed E-state index contributed by atoms with van der Waals surface area (Å²) in [6.07, 6.45) is 2.03. The molecule has 1 aliphatic heterocycles. The van der Waals surface area contributed by atoms with Crippen molar-refractivity contribution in [3.63, 3.8) is 0 Å². The van der Waals surface area contributed by atoms with Gasteiger partial charge in [-0.1, -0.05) is 0 Å². The molecule has 0 aromatic carbocycles. The standard InChI is InChI=1S/C10H14BrNO2S3/c1-7-5-9(16-10(7)11)17(13,14)12-8-3-2-4-15-6-8/h5,8,12H,2-4,6H2,1H3. The molecule has 1 saturated heterocycles. The van der Waals surface area contributed by atoms with E-state index in [4.69, 9.17) is 0 Å². The summed E-state index contributed by atoms with van der Waals surface area (Å²) in [7, 11) is -3.34. The number of aryl methyl sites for hydroxylation is 1. The maximum Gasteiger partial charge on any atom is 0.250 e. The first-order valence-electron chi connectivity index (χ1n) is 5.35. The van der Waals surface area contributed by atoms with Crippen LogP contribution in [0, 0.1) is 6.92 Å². The Morgan fingerprint density at radius 1 is 1.53 bits per heavy atom. The highest BCUT2D eigenvalue weighted by atomic mass is 79.9. The lowest BCUT2D eigenvalue weighted by molar-refractivity contribution is 0.545. The van der Waals surface area contributed by atoms with Crippen LogP contribution in [0.25, 0.3) is 0 Å². The summed E-state index contributed by atoms with van der Waals surface area (Å²) >= 11 is 6.44. The summed E-state index contributed by atoms with van der Waals surface area (Å²) in [6.45, 7) is 1.90. The average Bonchev–Trinajstić information content (AvgIpc) is 2.61. The Morgan fingerprint density at radius 2 is 2.29 bits per heavy atom. The van der Waals surface area contributed by atoms with Crippen molar-refractivity contribution in [2.75, 3.05) is 11.5 Å². The fourth-order valence-electron chi connectivity index (χ4n) is 1.68. The fraction of sp³-hybridized carbons (Fsp3) is 0.600. The summed E-state index contributed by atoms with van der Waals surface area (Å²) in [5.41, 5.74) is 0.966. The van der Waals surface area contributed by atoms with Gasteiger partial charge in [-0.3, -0.25) is 0 Å². The summed E-state index contributed by atoms with van der Waals surface area (Å²) < 4.78 is 28.3.